The van der Waals surface area contributed by atoms with Gasteiger partial charge < -0.3 is 20.6 Å². The number of aromatic nitrogens is 1. The minimum absolute atomic E-state index is 0.200. The van der Waals surface area contributed by atoms with Gasteiger partial charge in [0.2, 0.25) is 17.7 Å². The first kappa shape index (κ1) is 18.8. The van der Waals surface area contributed by atoms with Crippen molar-refractivity contribution in [1.82, 2.24) is 20.5 Å². The van der Waals surface area contributed by atoms with Gasteiger partial charge in [-0.15, -0.1) is 0 Å². The van der Waals surface area contributed by atoms with Crippen molar-refractivity contribution in [3.63, 3.8) is 0 Å². The molecule has 1 aromatic heterocycles. The summed E-state index contributed by atoms with van der Waals surface area (Å²) in [4.78, 5) is 54.1. The van der Waals surface area contributed by atoms with Crippen molar-refractivity contribution >= 4 is 23.7 Å². The third-order valence-corrected chi connectivity index (χ3v) is 5.13. The highest BCUT2D eigenvalue weighted by Gasteiger charge is 2.53. The SMILES string of the molecule is C[C@H](NC(=O)[C@@H]1CCC(=O)N1)C(=O)N1CCC[C@]1(C(=O)O)c1ccccn1. The Morgan fingerprint density at radius 2 is 2.19 bits per heavy atom. The van der Waals surface area contributed by atoms with E-state index in [2.05, 4.69) is 15.6 Å². The smallest absolute Gasteiger partial charge is 0.335 e. The van der Waals surface area contributed by atoms with E-state index in [1.165, 1.54) is 18.0 Å². The number of pyridine rings is 1. The fourth-order valence-electron chi connectivity index (χ4n) is 3.74. The minimum atomic E-state index is -1.54. The lowest BCUT2D eigenvalue weighted by Crippen LogP contribution is -2.57. The van der Waals surface area contributed by atoms with Crippen LogP contribution in [0.15, 0.2) is 24.4 Å². The van der Waals surface area contributed by atoms with E-state index in [-0.39, 0.29) is 25.3 Å². The molecule has 27 heavy (non-hydrogen) atoms. The topological polar surface area (TPSA) is 129 Å². The molecule has 3 heterocycles. The van der Waals surface area contributed by atoms with Crippen LogP contribution in [-0.4, -0.2) is 57.3 Å². The number of amides is 3. The fraction of sp³-hybridized carbons (Fsp3) is 0.500. The summed E-state index contributed by atoms with van der Waals surface area (Å²) in [5, 5.41) is 15.1. The van der Waals surface area contributed by atoms with Crippen LogP contribution in [0.5, 0.6) is 0 Å². The van der Waals surface area contributed by atoms with Gasteiger partial charge in [0.05, 0.1) is 5.69 Å². The molecule has 9 nitrogen and oxygen atoms in total. The zero-order chi connectivity index (χ0) is 19.6. The van der Waals surface area contributed by atoms with Crippen LogP contribution in [0.25, 0.3) is 0 Å². The van der Waals surface area contributed by atoms with E-state index < -0.39 is 35.4 Å². The van der Waals surface area contributed by atoms with E-state index >= 15 is 0 Å². The molecular weight excluding hydrogens is 352 g/mol. The van der Waals surface area contributed by atoms with Gasteiger partial charge in [0.25, 0.3) is 0 Å². The van der Waals surface area contributed by atoms with Crippen molar-refractivity contribution in [3.05, 3.63) is 30.1 Å². The van der Waals surface area contributed by atoms with Gasteiger partial charge in [-0.2, -0.15) is 0 Å². The van der Waals surface area contributed by atoms with E-state index in [0.29, 0.717) is 18.5 Å². The van der Waals surface area contributed by atoms with Gasteiger partial charge in [0.1, 0.15) is 12.1 Å². The number of nitrogens with zero attached hydrogens (tertiary/aromatic N) is 2. The molecule has 2 aliphatic rings. The zero-order valence-electron chi connectivity index (χ0n) is 15.0. The summed E-state index contributed by atoms with van der Waals surface area (Å²) < 4.78 is 0. The number of hydrogen-bond acceptors (Lipinski definition) is 5. The number of carbonyl (C=O) groups is 4. The first-order valence-corrected chi connectivity index (χ1v) is 8.92. The molecule has 3 atom stereocenters. The van der Waals surface area contributed by atoms with E-state index in [1.807, 2.05) is 0 Å². The molecule has 0 aliphatic carbocycles. The molecule has 0 radical (unpaired) electrons. The van der Waals surface area contributed by atoms with Gasteiger partial charge in [-0.3, -0.25) is 19.4 Å². The van der Waals surface area contributed by atoms with Crippen LogP contribution in [0.1, 0.15) is 38.3 Å². The molecule has 3 amide bonds. The highest BCUT2D eigenvalue weighted by atomic mass is 16.4. The van der Waals surface area contributed by atoms with Crippen molar-refractivity contribution in [2.75, 3.05) is 6.54 Å². The largest absolute Gasteiger partial charge is 0.479 e. The predicted molar refractivity (Wildman–Crippen MR) is 93.3 cm³/mol. The lowest BCUT2D eigenvalue weighted by atomic mass is 9.91. The van der Waals surface area contributed by atoms with Crippen molar-refractivity contribution in [2.45, 2.75) is 50.2 Å². The Morgan fingerprint density at radius 1 is 1.41 bits per heavy atom. The third kappa shape index (κ3) is 3.36. The van der Waals surface area contributed by atoms with Gasteiger partial charge in [-0.05, 0) is 38.3 Å². The number of aliphatic carboxylic acids is 1. The average Bonchev–Trinajstić information content (AvgIpc) is 3.28. The van der Waals surface area contributed by atoms with Gasteiger partial charge in [0.15, 0.2) is 5.54 Å². The van der Waals surface area contributed by atoms with Crippen molar-refractivity contribution in [3.8, 4) is 0 Å². The third-order valence-electron chi connectivity index (χ3n) is 5.13. The molecule has 3 N–H and O–H groups in total. The minimum Gasteiger partial charge on any atom is -0.479 e. The van der Waals surface area contributed by atoms with Crippen LogP contribution >= 0.6 is 0 Å². The summed E-state index contributed by atoms with van der Waals surface area (Å²) in [6.45, 7) is 1.78. The molecule has 2 fully saturated rings. The Labute approximate surface area is 156 Å². The van der Waals surface area contributed by atoms with Crippen LogP contribution in [0, 0.1) is 0 Å². The Morgan fingerprint density at radius 3 is 2.78 bits per heavy atom. The number of rotatable bonds is 5. The normalized spacial score (nSPS) is 25.7. The van der Waals surface area contributed by atoms with Gasteiger partial charge >= 0.3 is 5.97 Å². The maximum Gasteiger partial charge on any atom is 0.335 e. The molecule has 0 unspecified atom stereocenters. The number of carbonyl (C=O) groups excluding carboxylic acids is 3. The standard InChI is InChI=1S/C18H22N4O5/c1-11(20-15(24)12-6-7-14(23)21-12)16(25)22-10-4-8-18(22,17(26)27)13-5-2-3-9-19-13/h2-3,5,9,11-12H,4,6-8,10H2,1H3,(H,20,24)(H,21,23)(H,26,27)/t11-,12-,18+/m0/s1. The molecule has 0 aromatic carbocycles. The Kier molecular flexibility index (Phi) is 5.11. The first-order valence-electron chi connectivity index (χ1n) is 8.92. The highest BCUT2D eigenvalue weighted by molar-refractivity contribution is 5.95. The molecule has 0 spiro atoms. The Bertz CT molecular complexity index is 768. The molecule has 2 saturated heterocycles. The second-order valence-corrected chi connectivity index (χ2v) is 6.86. The Balaban J connectivity index is 1.79. The maximum absolute atomic E-state index is 13.0. The van der Waals surface area contributed by atoms with Crippen molar-refractivity contribution in [1.29, 1.82) is 0 Å². The van der Waals surface area contributed by atoms with Crippen LogP contribution in [-0.2, 0) is 24.7 Å². The molecule has 9 heteroatoms. The summed E-state index contributed by atoms with van der Waals surface area (Å²) in [7, 11) is 0. The predicted octanol–water partition coefficient (Wildman–Crippen LogP) is -0.233. The highest BCUT2D eigenvalue weighted by Crippen LogP contribution is 2.38. The van der Waals surface area contributed by atoms with E-state index in [4.69, 9.17) is 0 Å². The lowest BCUT2D eigenvalue weighted by molar-refractivity contribution is -0.158. The summed E-state index contributed by atoms with van der Waals surface area (Å²) in [6.07, 6.45) is 2.92. The van der Waals surface area contributed by atoms with Crippen LogP contribution in [0.4, 0.5) is 0 Å². The van der Waals surface area contributed by atoms with E-state index in [0.717, 1.165) is 0 Å². The number of likely N-dealkylation sites (tertiary alicyclic amines) is 1. The summed E-state index contributed by atoms with van der Waals surface area (Å²) in [6, 6.07) is 3.37. The molecule has 0 bridgehead atoms. The van der Waals surface area contributed by atoms with Crippen LogP contribution < -0.4 is 10.6 Å². The number of nitrogens with one attached hydrogen (secondary N) is 2. The van der Waals surface area contributed by atoms with Crippen molar-refractivity contribution in [2.24, 2.45) is 0 Å². The number of carboxylic acids is 1. The number of hydrogen-bond donors (Lipinski definition) is 3. The second kappa shape index (κ2) is 7.34. The summed E-state index contributed by atoms with van der Waals surface area (Å²) >= 11 is 0. The van der Waals surface area contributed by atoms with Gasteiger partial charge in [0, 0.05) is 19.2 Å². The molecule has 0 saturated carbocycles. The first-order chi connectivity index (χ1) is 12.9. The van der Waals surface area contributed by atoms with Crippen LogP contribution in [0.2, 0.25) is 0 Å². The molecular formula is C18H22N4O5. The second-order valence-electron chi connectivity index (χ2n) is 6.86. The quantitative estimate of drug-likeness (QED) is 0.653. The molecule has 1 aromatic rings. The van der Waals surface area contributed by atoms with E-state index in [9.17, 15) is 24.3 Å². The monoisotopic (exact) mass is 374 g/mol. The average molecular weight is 374 g/mol. The van der Waals surface area contributed by atoms with Crippen molar-refractivity contribution < 1.29 is 24.3 Å². The lowest BCUT2D eigenvalue weighted by Gasteiger charge is -2.36. The van der Waals surface area contributed by atoms with Gasteiger partial charge in [-0.25, -0.2) is 4.79 Å². The van der Waals surface area contributed by atoms with E-state index in [1.54, 1.807) is 18.2 Å². The molecule has 144 valence electrons. The summed E-state index contributed by atoms with van der Waals surface area (Å²) in [5.74, 6) is -2.28. The summed E-state index contributed by atoms with van der Waals surface area (Å²) in [5.41, 5.74) is -1.25. The van der Waals surface area contributed by atoms with Crippen LogP contribution in [0.3, 0.4) is 0 Å². The Hall–Kier alpha value is -2.97. The maximum atomic E-state index is 13.0. The molecule has 2 aliphatic heterocycles. The molecule has 3 rings (SSSR count). The zero-order valence-corrected chi connectivity index (χ0v) is 15.0. The van der Waals surface area contributed by atoms with Gasteiger partial charge in [-0.1, -0.05) is 6.07 Å². The number of carboxylic acid groups (broad SMARTS) is 1. The fourth-order valence-corrected chi connectivity index (χ4v) is 3.74.